The molecule has 1 N–H and O–H groups in total. The molecule has 0 bridgehead atoms. The van der Waals surface area contributed by atoms with Gasteiger partial charge in [-0.15, -0.1) is 0 Å². The molecule has 2 unspecified atom stereocenters. The predicted octanol–water partition coefficient (Wildman–Crippen LogP) is 2.52. The third-order valence-corrected chi connectivity index (χ3v) is 4.78. The summed E-state index contributed by atoms with van der Waals surface area (Å²) in [7, 11) is 3.15. The van der Waals surface area contributed by atoms with E-state index in [1.165, 1.54) is 0 Å². The molecule has 1 aliphatic heterocycles. The molecule has 0 spiro atoms. The van der Waals surface area contributed by atoms with Crippen molar-refractivity contribution in [3.63, 3.8) is 0 Å². The standard InChI is InChI=1S/C20H24N2O5/c1-13(14-6-7-17(25-2)18(9-14)26-3)21-20(24)15-10-19(23)22(11-15)12-16-5-4-8-27-16/h4-9,13,15H,10-12H2,1-3H3,(H,21,24). The molecule has 7 heteroatoms. The molecule has 1 aromatic carbocycles. The molecule has 0 saturated carbocycles. The Bertz CT molecular complexity index is 803. The van der Waals surface area contributed by atoms with E-state index in [1.54, 1.807) is 37.5 Å². The van der Waals surface area contributed by atoms with E-state index in [1.807, 2.05) is 25.1 Å². The Morgan fingerprint density at radius 1 is 1.30 bits per heavy atom. The van der Waals surface area contributed by atoms with Gasteiger partial charge in [-0.3, -0.25) is 9.59 Å². The number of likely N-dealkylation sites (tertiary alicyclic amines) is 1. The predicted molar refractivity (Wildman–Crippen MR) is 98.3 cm³/mol. The van der Waals surface area contributed by atoms with E-state index in [4.69, 9.17) is 13.9 Å². The van der Waals surface area contributed by atoms with E-state index < -0.39 is 0 Å². The molecule has 0 radical (unpaired) electrons. The number of benzene rings is 1. The number of carbonyl (C=O) groups excluding carboxylic acids is 2. The molecular formula is C20H24N2O5. The first-order chi connectivity index (χ1) is 13.0. The van der Waals surface area contributed by atoms with Crippen LogP contribution in [0.1, 0.15) is 30.7 Å². The molecule has 0 aliphatic carbocycles. The monoisotopic (exact) mass is 372 g/mol. The smallest absolute Gasteiger partial charge is 0.225 e. The summed E-state index contributed by atoms with van der Waals surface area (Å²) in [5.41, 5.74) is 0.901. The van der Waals surface area contributed by atoms with Crippen LogP contribution >= 0.6 is 0 Å². The number of hydrogen-bond donors (Lipinski definition) is 1. The van der Waals surface area contributed by atoms with Crippen LogP contribution in [0, 0.1) is 5.92 Å². The zero-order valence-corrected chi connectivity index (χ0v) is 15.7. The van der Waals surface area contributed by atoms with Gasteiger partial charge < -0.3 is 24.1 Å². The van der Waals surface area contributed by atoms with Crippen LogP contribution in [0.5, 0.6) is 11.5 Å². The number of hydrogen-bond acceptors (Lipinski definition) is 5. The summed E-state index contributed by atoms with van der Waals surface area (Å²) in [6.45, 7) is 2.68. The van der Waals surface area contributed by atoms with Gasteiger partial charge in [0.15, 0.2) is 11.5 Å². The van der Waals surface area contributed by atoms with Gasteiger partial charge in [-0.05, 0) is 36.8 Å². The fourth-order valence-corrected chi connectivity index (χ4v) is 3.23. The molecule has 1 fully saturated rings. The van der Waals surface area contributed by atoms with Gasteiger partial charge in [-0.25, -0.2) is 0 Å². The fourth-order valence-electron chi connectivity index (χ4n) is 3.23. The lowest BCUT2D eigenvalue weighted by Gasteiger charge is -2.19. The first kappa shape index (κ1) is 18.8. The fraction of sp³-hybridized carbons (Fsp3) is 0.400. The van der Waals surface area contributed by atoms with Crippen LogP contribution in [0.3, 0.4) is 0 Å². The Morgan fingerprint density at radius 2 is 2.07 bits per heavy atom. The van der Waals surface area contributed by atoms with Gasteiger partial charge in [0.2, 0.25) is 11.8 Å². The lowest BCUT2D eigenvalue weighted by Crippen LogP contribution is -2.34. The zero-order valence-electron chi connectivity index (χ0n) is 15.7. The van der Waals surface area contributed by atoms with Crippen LogP contribution in [0.25, 0.3) is 0 Å². The largest absolute Gasteiger partial charge is 0.493 e. The topological polar surface area (TPSA) is 81.0 Å². The minimum absolute atomic E-state index is 0.0367. The van der Waals surface area contributed by atoms with E-state index >= 15 is 0 Å². The minimum atomic E-state index is -0.366. The van der Waals surface area contributed by atoms with Crippen molar-refractivity contribution in [3.8, 4) is 11.5 Å². The van der Waals surface area contributed by atoms with Crippen molar-refractivity contribution in [2.24, 2.45) is 5.92 Å². The second kappa shape index (κ2) is 8.16. The van der Waals surface area contributed by atoms with Crippen molar-refractivity contribution < 1.29 is 23.5 Å². The Hall–Kier alpha value is -2.96. The summed E-state index contributed by atoms with van der Waals surface area (Å²) < 4.78 is 15.8. The highest BCUT2D eigenvalue weighted by molar-refractivity contribution is 5.89. The Kier molecular flexibility index (Phi) is 5.69. The number of rotatable bonds is 7. The average Bonchev–Trinajstić information content (AvgIpc) is 3.31. The summed E-state index contributed by atoms with van der Waals surface area (Å²) in [5.74, 6) is 1.42. The van der Waals surface area contributed by atoms with Crippen molar-refractivity contribution in [2.75, 3.05) is 20.8 Å². The van der Waals surface area contributed by atoms with Crippen molar-refractivity contribution >= 4 is 11.8 Å². The van der Waals surface area contributed by atoms with Crippen molar-refractivity contribution in [2.45, 2.75) is 25.9 Å². The summed E-state index contributed by atoms with van der Waals surface area (Å²) in [5, 5.41) is 2.99. The Balaban J connectivity index is 1.61. The highest BCUT2D eigenvalue weighted by Gasteiger charge is 2.35. The first-order valence-corrected chi connectivity index (χ1v) is 8.84. The average molecular weight is 372 g/mol. The van der Waals surface area contributed by atoms with Gasteiger partial charge in [-0.1, -0.05) is 6.07 Å². The molecule has 2 atom stereocenters. The van der Waals surface area contributed by atoms with Gasteiger partial charge in [0.1, 0.15) is 5.76 Å². The number of furan rings is 1. The zero-order chi connectivity index (χ0) is 19.4. The van der Waals surface area contributed by atoms with Crippen LogP contribution in [0.15, 0.2) is 41.0 Å². The van der Waals surface area contributed by atoms with Crippen LogP contribution in [-0.2, 0) is 16.1 Å². The second-order valence-corrected chi connectivity index (χ2v) is 6.60. The van der Waals surface area contributed by atoms with Gasteiger partial charge in [0.05, 0.1) is 39.0 Å². The maximum Gasteiger partial charge on any atom is 0.225 e. The maximum atomic E-state index is 12.6. The van der Waals surface area contributed by atoms with Crippen LogP contribution < -0.4 is 14.8 Å². The third kappa shape index (κ3) is 4.24. The van der Waals surface area contributed by atoms with Crippen LogP contribution in [0.4, 0.5) is 0 Å². The quantitative estimate of drug-likeness (QED) is 0.808. The van der Waals surface area contributed by atoms with Crippen LogP contribution in [-0.4, -0.2) is 37.5 Å². The van der Waals surface area contributed by atoms with Gasteiger partial charge in [0, 0.05) is 13.0 Å². The SMILES string of the molecule is COc1ccc(C(C)NC(=O)C2CC(=O)N(Cc3ccco3)C2)cc1OC. The maximum absolute atomic E-state index is 12.6. The molecule has 2 aromatic rings. The summed E-state index contributed by atoms with van der Waals surface area (Å²) in [6, 6.07) is 8.92. The van der Waals surface area contributed by atoms with E-state index in [0.717, 1.165) is 5.56 Å². The number of carbonyl (C=O) groups is 2. The van der Waals surface area contributed by atoms with Gasteiger partial charge in [0.25, 0.3) is 0 Å². The molecule has 7 nitrogen and oxygen atoms in total. The number of nitrogens with one attached hydrogen (secondary N) is 1. The number of methoxy groups -OCH3 is 2. The van der Waals surface area contributed by atoms with Crippen molar-refractivity contribution in [1.82, 2.24) is 10.2 Å². The highest BCUT2D eigenvalue weighted by Crippen LogP contribution is 2.30. The lowest BCUT2D eigenvalue weighted by molar-refractivity contribution is -0.129. The molecular weight excluding hydrogens is 348 g/mol. The normalized spacial score (nSPS) is 17.7. The Labute approximate surface area is 158 Å². The minimum Gasteiger partial charge on any atom is -0.493 e. The van der Waals surface area contributed by atoms with Crippen molar-refractivity contribution in [3.05, 3.63) is 47.9 Å². The van der Waals surface area contributed by atoms with Gasteiger partial charge >= 0.3 is 0 Å². The molecule has 2 amide bonds. The molecule has 27 heavy (non-hydrogen) atoms. The van der Waals surface area contributed by atoms with E-state index in [9.17, 15) is 9.59 Å². The van der Waals surface area contributed by atoms with Crippen molar-refractivity contribution in [1.29, 1.82) is 0 Å². The molecule has 1 saturated heterocycles. The number of ether oxygens (including phenoxy) is 2. The summed E-state index contributed by atoms with van der Waals surface area (Å²) in [6.07, 6.45) is 1.79. The molecule has 1 aromatic heterocycles. The summed E-state index contributed by atoms with van der Waals surface area (Å²) in [4.78, 5) is 26.5. The van der Waals surface area contributed by atoms with E-state index in [0.29, 0.717) is 30.3 Å². The molecule has 1 aliphatic rings. The molecule has 2 heterocycles. The Morgan fingerprint density at radius 3 is 2.74 bits per heavy atom. The highest BCUT2D eigenvalue weighted by atomic mass is 16.5. The van der Waals surface area contributed by atoms with E-state index in [2.05, 4.69) is 5.32 Å². The third-order valence-electron chi connectivity index (χ3n) is 4.78. The number of amides is 2. The first-order valence-electron chi connectivity index (χ1n) is 8.84. The molecule has 3 rings (SSSR count). The second-order valence-electron chi connectivity index (χ2n) is 6.60. The lowest BCUT2D eigenvalue weighted by atomic mass is 10.0. The molecule has 144 valence electrons. The number of nitrogens with zero attached hydrogens (tertiary/aromatic N) is 1. The van der Waals surface area contributed by atoms with Gasteiger partial charge in [-0.2, -0.15) is 0 Å². The summed E-state index contributed by atoms with van der Waals surface area (Å²) >= 11 is 0. The van der Waals surface area contributed by atoms with Crippen LogP contribution in [0.2, 0.25) is 0 Å². The van der Waals surface area contributed by atoms with E-state index in [-0.39, 0.29) is 30.2 Å².